The van der Waals surface area contributed by atoms with Crippen molar-refractivity contribution in [1.82, 2.24) is 14.9 Å². The quantitative estimate of drug-likeness (QED) is 0.265. The molecular weight excluding hydrogens is 534 g/mol. The molecule has 3 heterocycles. The maximum Gasteiger partial charge on any atom is 0.224 e. The molecule has 182 valence electrons. The molecule has 1 amide bonds. The molecule has 8 heteroatoms. The molecule has 2 aromatic heterocycles. The lowest BCUT2D eigenvalue weighted by atomic mass is 10.00. The summed E-state index contributed by atoms with van der Waals surface area (Å²) in [6, 6.07) is 24.1. The maximum absolute atomic E-state index is 12.0. The van der Waals surface area contributed by atoms with Crippen LogP contribution in [0.5, 0.6) is 0 Å². The Bertz CT molecular complexity index is 1420. The summed E-state index contributed by atoms with van der Waals surface area (Å²) in [6.45, 7) is 3.84. The fraction of sp³-hybridized carbons (Fsp3) is 0.179. The van der Waals surface area contributed by atoms with Gasteiger partial charge in [0.15, 0.2) is 5.11 Å². The second kappa shape index (κ2) is 10.2. The smallest absolute Gasteiger partial charge is 0.224 e. The molecule has 0 saturated carbocycles. The van der Waals surface area contributed by atoms with Crippen molar-refractivity contribution in [2.45, 2.75) is 32.4 Å². The minimum Gasteiger partial charge on any atom is -0.351 e. The van der Waals surface area contributed by atoms with Crippen molar-refractivity contribution in [2.24, 2.45) is 0 Å². The zero-order chi connectivity index (χ0) is 25.2. The van der Waals surface area contributed by atoms with Crippen LogP contribution >= 0.6 is 28.1 Å². The highest BCUT2D eigenvalue weighted by Gasteiger charge is 2.42. The van der Waals surface area contributed by atoms with E-state index in [0.717, 1.165) is 38.5 Å². The van der Waals surface area contributed by atoms with Gasteiger partial charge in [0.05, 0.1) is 11.7 Å². The highest BCUT2D eigenvalue weighted by Crippen LogP contribution is 2.43. The van der Waals surface area contributed by atoms with Crippen LogP contribution in [0.4, 0.5) is 11.4 Å². The van der Waals surface area contributed by atoms with E-state index in [1.807, 2.05) is 62.5 Å². The van der Waals surface area contributed by atoms with Crippen LogP contribution in [0.2, 0.25) is 0 Å². The molecule has 5 rings (SSSR count). The van der Waals surface area contributed by atoms with Crippen LogP contribution in [0.25, 0.3) is 5.69 Å². The summed E-state index contributed by atoms with van der Waals surface area (Å²) in [5, 5.41) is 7.13. The van der Waals surface area contributed by atoms with Gasteiger partial charge in [0, 0.05) is 46.0 Å². The number of pyridine rings is 1. The highest BCUT2D eigenvalue weighted by molar-refractivity contribution is 9.10. The first-order valence-electron chi connectivity index (χ1n) is 11.8. The third-order valence-corrected chi connectivity index (χ3v) is 7.16. The second-order valence-electron chi connectivity index (χ2n) is 8.68. The maximum atomic E-state index is 12.0. The zero-order valence-corrected chi connectivity index (χ0v) is 22.4. The van der Waals surface area contributed by atoms with Gasteiger partial charge in [0.1, 0.15) is 6.04 Å². The van der Waals surface area contributed by atoms with Gasteiger partial charge >= 0.3 is 0 Å². The molecule has 1 aliphatic heterocycles. The molecule has 0 bridgehead atoms. The number of nitrogens with zero attached hydrogens (tertiary/aromatic N) is 3. The van der Waals surface area contributed by atoms with E-state index in [1.54, 1.807) is 0 Å². The standard InChI is InChI=1S/C28H26BrN5OS/c1-3-25(35)31-22-13-12-21(16-18(22)2)34-27(26(32-28(34)36)23-10-4-5-14-30-23)24-11-7-15-33(24)20-9-6-8-19(29)17-20/h4-17,26-27H,3H2,1-2H3,(H,31,35)(H,32,36)/t26-,27-/m0/s1. The van der Waals surface area contributed by atoms with Crippen molar-refractivity contribution in [3.05, 3.63) is 107 Å². The lowest BCUT2D eigenvalue weighted by Crippen LogP contribution is -2.30. The first-order valence-corrected chi connectivity index (χ1v) is 13.0. The fourth-order valence-corrected chi connectivity index (χ4v) is 5.34. The summed E-state index contributed by atoms with van der Waals surface area (Å²) < 4.78 is 3.20. The molecule has 1 aliphatic rings. The van der Waals surface area contributed by atoms with E-state index in [4.69, 9.17) is 12.2 Å². The van der Waals surface area contributed by atoms with Gasteiger partial charge in [0.2, 0.25) is 5.91 Å². The van der Waals surface area contributed by atoms with Crippen molar-refractivity contribution in [3.8, 4) is 5.69 Å². The summed E-state index contributed by atoms with van der Waals surface area (Å²) in [7, 11) is 0. The molecule has 2 atom stereocenters. The summed E-state index contributed by atoms with van der Waals surface area (Å²) in [5.41, 5.74) is 5.77. The molecule has 0 radical (unpaired) electrons. The Morgan fingerprint density at radius 3 is 2.67 bits per heavy atom. The van der Waals surface area contributed by atoms with E-state index in [1.165, 1.54) is 0 Å². The Labute approximate surface area is 224 Å². The molecular formula is C28H26BrN5OS. The molecule has 0 unspecified atom stereocenters. The van der Waals surface area contributed by atoms with Gasteiger partial charge in [-0.1, -0.05) is 35.0 Å². The predicted octanol–water partition coefficient (Wildman–Crippen LogP) is 6.47. The number of carbonyl (C=O) groups is 1. The SMILES string of the molecule is CCC(=O)Nc1ccc(N2C(=S)N[C@@H](c3ccccn3)[C@@H]2c2cccn2-c2cccc(Br)c2)cc1C. The van der Waals surface area contributed by atoms with Gasteiger partial charge < -0.3 is 20.1 Å². The number of nitrogens with one attached hydrogen (secondary N) is 2. The highest BCUT2D eigenvalue weighted by atomic mass is 79.9. The molecule has 4 aromatic rings. The number of anilines is 2. The van der Waals surface area contributed by atoms with Crippen molar-refractivity contribution in [2.75, 3.05) is 10.2 Å². The number of halogens is 1. The lowest BCUT2D eigenvalue weighted by Gasteiger charge is -2.29. The number of benzene rings is 2. The molecule has 1 fully saturated rings. The van der Waals surface area contributed by atoms with Crippen LogP contribution in [-0.4, -0.2) is 20.6 Å². The number of hydrogen-bond acceptors (Lipinski definition) is 3. The van der Waals surface area contributed by atoms with Crippen molar-refractivity contribution < 1.29 is 4.79 Å². The van der Waals surface area contributed by atoms with Crippen LogP contribution in [0.15, 0.2) is 89.7 Å². The number of thiocarbonyl (C=S) groups is 1. The van der Waals surface area contributed by atoms with E-state index in [0.29, 0.717) is 11.5 Å². The average Bonchev–Trinajstić information content (AvgIpc) is 3.50. The Kier molecular flexibility index (Phi) is 6.89. The third-order valence-electron chi connectivity index (χ3n) is 6.35. The van der Waals surface area contributed by atoms with Gasteiger partial charge in [-0.15, -0.1) is 0 Å². The third kappa shape index (κ3) is 4.66. The van der Waals surface area contributed by atoms with Crippen LogP contribution in [-0.2, 0) is 4.79 Å². The predicted molar refractivity (Wildman–Crippen MR) is 152 cm³/mol. The summed E-state index contributed by atoms with van der Waals surface area (Å²) in [4.78, 5) is 18.8. The van der Waals surface area contributed by atoms with E-state index in [-0.39, 0.29) is 18.0 Å². The Morgan fingerprint density at radius 1 is 1.08 bits per heavy atom. The summed E-state index contributed by atoms with van der Waals surface area (Å²) in [6.07, 6.45) is 4.31. The molecule has 2 aromatic carbocycles. The molecule has 6 nitrogen and oxygen atoms in total. The van der Waals surface area contributed by atoms with E-state index in [2.05, 4.69) is 77.5 Å². The van der Waals surface area contributed by atoms with Gasteiger partial charge in [-0.05, 0) is 85.4 Å². The number of carbonyl (C=O) groups excluding carboxylic acids is 1. The first-order chi connectivity index (χ1) is 17.5. The normalized spacial score (nSPS) is 17.2. The minimum atomic E-state index is -0.156. The van der Waals surface area contributed by atoms with Crippen LogP contribution < -0.4 is 15.5 Å². The lowest BCUT2D eigenvalue weighted by molar-refractivity contribution is -0.115. The molecule has 0 aliphatic carbocycles. The van der Waals surface area contributed by atoms with Crippen molar-refractivity contribution in [1.29, 1.82) is 0 Å². The molecule has 0 spiro atoms. The number of aromatic nitrogens is 2. The van der Waals surface area contributed by atoms with Crippen LogP contribution in [0, 0.1) is 6.92 Å². The van der Waals surface area contributed by atoms with E-state index >= 15 is 0 Å². The monoisotopic (exact) mass is 559 g/mol. The van der Waals surface area contributed by atoms with Crippen molar-refractivity contribution in [3.63, 3.8) is 0 Å². The van der Waals surface area contributed by atoms with Gasteiger partial charge in [-0.2, -0.15) is 0 Å². The number of amides is 1. The molecule has 2 N–H and O–H groups in total. The zero-order valence-electron chi connectivity index (χ0n) is 20.0. The van der Waals surface area contributed by atoms with Gasteiger partial charge in [-0.3, -0.25) is 9.78 Å². The van der Waals surface area contributed by atoms with Crippen LogP contribution in [0.1, 0.15) is 42.4 Å². The molecule has 1 saturated heterocycles. The van der Waals surface area contributed by atoms with Crippen LogP contribution in [0.3, 0.4) is 0 Å². The van der Waals surface area contributed by atoms with Gasteiger partial charge in [0.25, 0.3) is 0 Å². The largest absolute Gasteiger partial charge is 0.351 e. The Balaban J connectivity index is 1.62. The average molecular weight is 561 g/mol. The number of hydrogen-bond donors (Lipinski definition) is 2. The second-order valence-corrected chi connectivity index (χ2v) is 9.98. The van der Waals surface area contributed by atoms with E-state index < -0.39 is 0 Å². The number of aryl methyl sites for hydroxylation is 1. The summed E-state index contributed by atoms with van der Waals surface area (Å²) in [5.74, 6) is -0.0100. The van der Waals surface area contributed by atoms with Crippen molar-refractivity contribution >= 4 is 50.5 Å². The topological polar surface area (TPSA) is 62.2 Å². The molecule has 36 heavy (non-hydrogen) atoms. The Morgan fingerprint density at radius 2 is 1.94 bits per heavy atom. The minimum absolute atomic E-state index is 0.0100. The number of rotatable bonds is 6. The summed E-state index contributed by atoms with van der Waals surface area (Å²) >= 11 is 9.50. The first kappa shape index (κ1) is 24.2. The van der Waals surface area contributed by atoms with E-state index in [9.17, 15) is 4.79 Å². The van der Waals surface area contributed by atoms with Gasteiger partial charge in [-0.25, -0.2) is 0 Å². The fourth-order valence-electron chi connectivity index (χ4n) is 4.61. The Hall–Kier alpha value is -3.49.